The van der Waals surface area contributed by atoms with E-state index in [4.69, 9.17) is 16.0 Å². The van der Waals surface area contributed by atoms with Crippen LogP contribution in [0.4, 0.5) is 0 Å². The number of nitrogens with one attached hydrogen (secondary N) is 1. The summed E-state index contributed by atoms with van der Waals surface area (Å²) in [5.41, 5.74) is 2.08. The van der Waals surface area contributed by atoms with Crippen LogP contribution in [0.2, 0.25) is 5.22 Å². The molecule has 0 saturated heterocycles. The summed E-state index contributed by atoms with van der Waals surface area (Å²) in [6.07, 6.45) is 7.72. The van der Waals surface area contributed by atoms with Crippen LogP contribution in [-0.4, -0.2) is 16.3 Å². The molecule has 2 aromatic heterocycles. The maximum atomic E-state index is 6.10. The Kier molecular flexibility index (Phi) is 5.05. The molecule has 1 N–H and O–H groups in total. The molecule has 19 heavy (non-hydrogen) atoms. The molecule has 0 fully saturated rings. The highest BCUT2D eigenvalue weighted by Gasteiger charge is 2.19. The van der Waals surface area contributed by atoms with Gasteiger partial charge in [0.15, 0.2) is 5.22 Å². The molecule has 0 aliphatic carbocycles. The van der Waals surface area contributed by atoms with Crippen molar-refractivity contribution in [3.05, 3.63) is 41.1 Å². The fourth-order valence-corrected chi connectivity index (χ4v) is 2.31. The molecule has 4 nitrogen and oxygen atoms in total. The van der Waals surface area contributed by atoms with Crippen LogP contribution in [0.15, 0.2) is 29.1 Å². The zero-order valence-corrected chi connectivity index (χ0v) is 12.2. The summed E-state index contributed by atoms with van der Waals surface area (Å²) in [6, 6.07) is 1.95. The highest BCUT2D eigenvalue weighted by molar-refractivity contribution is 6.29. The highest BCUT2D eigenvalue weighted by atomic mass is 35.5. The average Bonchev–Trinajstić information content (AvgIpc) is 3.01. The Labute approximate surface area is 118 Å². The molecule has 104 valence electrons. The smallest absolute Gasteiger partial charge is 0.198 e. The number of aromatic nitrogens is 2. The Bertz CT molecular complexity index is 506. The third kappa shape index (κ3) is 3.39. The van der Waals surface area contributed by atoms with Crippen LogP contribution in [0.3, 0.4) is 0 Å². The van der Waals surface area contributed by atoms with Crippen molar-refractivity contribution in [2.45, 2.75) is 39.3 Å². The monoisotopic (exact) mass is 281 g/mol. The van der Waals surface area contributed by atoms with Crippen molar-refractivity contribution >= 4 is 11.6 Å². The topological polar surface area (TPSA) is 43.0 Å². The second-order valence-corrected chi connectivity index (χ2v) is 4.92. The van der Waals surface area contributed by atoms with E-state index in [9.17, 15) is 0 Å². The van der Waals surface area contributed by atoms with Gasteiger partial charge in [0, 0.05) is 23.9 Å². The van der Waals surface area contributed by atoms with Gasteiger partial charge in [-0.15, -0.1) is 0 Å². The molecular weight excluding hydrogens is 262 g/mol. The Morgan fingerprint density at radius 2 is 2.26 bits per heavy atom. The summed E-state index contributed by atoms with van der Waals surface area (Å²) < 4.78 is 7.16. The molecule has 0 amide bonds. The lowest BCUT2D eigenvalue weighted by Gasteiger charge is -2.15. The predicted octanol–water partition coefficient (Wildman–Crippen LogP) is 3.63. The number of rotatable bonds is 7. The van der Waals surface area contributed by atoms with E-state index >= 15 is 0 Å². The van der Waals surface area contributed by atoms with Crippen LogP contribution in [0, 0.1) is 0 Å². The SMILES string of the molecule is CCCNC(c1cnn(CCC)c1)c1ccoc1Cl. The van der Waals surface area contributed by atoms with Crippen LogP contribution in [0.25, 0.3) is 0 Å². The van der Waals surface area contributed by atoms with E-state index in [-0.39, 0.29) is 6.04 Å². The Morgan fingerprint density at radius 3 is 2.89 bits per heavy atom. The minimum Gasteiger partial charge on any atom is -0.453 e. The number of nitrogens with zero attached hydrogens (tertiary/aromatic N) is 2. The highest BCUT2D eigenvalue weighted by Crippen LogP contribution is 2.29. The van der Waals surface area contributed by atoms with Gasteiger partial charge in [-0.25, -0.2) is 0 Å². The van der Waals surface area contributed by atoms with E-state index in [0.29, 0.717) is 5.22 Å². The van der Waals surface area contributed by atoms with Gasteiger partial charge in [-0.05, 0) is 37.1 Å². The molecule has 1 unspecified atom stereocenters. The van der Waals surface area contributed by atoms with Crippen LogP contribution in [0.1, 0.15) is 43.9 Å². The van der Waals surface area contributed by atoms with Gasteiger partial charge in [0.25, 0.3) is 0 Å². The quantitative estimate of drug-likeness (QED) is 0.843. The third-order valence-corrected chi connectivity index (χ3v) is 3.30. The molecule has 0 aromatic carbocycles. The second kappa shape index (κ2) is 6.78. The van der Waals surface area contributed by atoms with Gasteiger partial charge in [0.1, 0.15) is 0 Å². The van der Waals surface area contributed by atoms with Gasteiger partial charge >= 0.3 is 0 Å². The summed E-state index contributed by atoms with van der Waals surface area (Å²) in [4.78, 5) is 0. The lowest BCUT2D eigenvalue weighted by atomic mass is 10.0. The number of hydrogen-bond acceptors (Lipinski definition) is 3. The summed E-state index contributed by atoms with van der Waals surface area (Å²) >= 11 is 6.10. The molecule has 0 spiro atoms. The van der Waals surface area contributed by atoms with Gasteiger partial charge in [0.2, 0.25) is 0 Å². The molecule has 0 bridgehead atoms. The molecular formula is C14H20ClN3O. The molecule has 5 heteroatoms. The summed E-state index contributed by atoms with van der Waals surface area (Å²) in [5.74, 6) is 0. The van der Waals surface area contributed by atoms with Crippen LogP contribution >= 0.6 is 11.6 Å². The molecule has 0 aliphatic rings. The van der Waals surface area contributed by atoms with Gasteiger partial charge in [-0.2, -0.15) is 5.10 Å². The van der Waals surface area contributed by atoms with Crippen molar-refractivity contribution in [3.63, 3.8) is 0 Å². The van der Waals surface area contributed by atoms with E-state index in [1.807, 2.05) is 16.9 Å². The van der Waals surface area contributed by atoms with Crippen LogP contribution in [-0.2, 0) is 6.54 Å². The fourth-order valence-electron chi connectivity index (χ4n) is 2.09. The minimum absolute atomic E-state index is 0.0387. The van der Waals surface area contributed by atoms with Crippen molar-refractivity contribution in [3.8, 4) is 0 Å². The van der Waals surface area contributed by atoms with Crippen LogP contribution in [0.5, 0.6) is 0 Å². The zero-order valence-electron chi connectivity index (χ0n) is 11.4. The van der Waals surface area contributed by atoms with E-state index in [2.05, 4.69) is 30.5 Å². The number of hydrogen-bond donors (Lipinski definition) is 1. The Morgan fingerprint density at radius 1 is 1.42 bits per heavy atom. The van der Waals surface area contributed by atoms with Crippen LogP contribution < -0.4 is 5.32 Å². The van der Waals surface area contributed by atoms with Gasteiger partial charge in [0.05, 0.1) is 18.5 Å². The lowest BCUT2D eigenvalue weighted by molar-refractivity contribution is 0.549. The van der Waals surface area contributed by atoms with Gasteiger partial charge in [-0.3, -0.25) is 4.68 Å². The molecule has 0 saturated carbocycles. The van der Waals surface area contributed by atoms with Gasteiger partial charge in [-0.1, -0.05) is 13.8 Å². The standard InChI is InChI=1S/C14H20ClN3O/c1-3-6-16-13(12-5-8-19-14(12)15)11-9-17-18(10-11)7-4-2/h5,8-10,13,16H,3-4,6-7H2,1-2H3. The molecule has 0 radical (unpaired) electrons. The van der Waals surface area contributed by atoms with E-state index in [1.165, 1.54) is 0 Å². The summed E-state index contributed by atoms with van der Waals surface area (Å²) in [5, 5.41) is 8.31. The normalized spacial score (nSPS) is 12.8. The largest absolute Gasteiger partial charge is 0.453 e. The lowest BCUT2D eigenvalue weighted by Crippen LogP contribution is -2.22. The molecule has 2 aromatic rings. The predicted molar refractivity (Wildman–Crippen MR) is 76.4 cm³/mol. The zero-order chi connectivity index (χ0) is 13.7. The maximum absolute atomic E-state index is 6.10. The number of furan rings is 1. The maximum Gasteiger partial charge on any atom is 0.198 e. The van der Waals surface area contributed by atoms with Crippen molar-refractivity contribution < 1.29 is 4.42 Å². The van der Waals surface area contributed by atoms with Crippen molar-refractivity contribution in [1.29, 1.82) is 0 Å². The Balaban J connectivity index is 2.23. The fraction of sp³-hybridized carbons (Fsp3) is 0.500. The van der Waals surface area contributed by atoms with Crippen molar-refractivity contribution in [2.75, 3.05) is 6.54 Å². The molecule has 2 rings (SSSR count). The summed E-state index contributed by atoms with van der Waals surface area (Å²) in [7, 11) is 0. The first-order valence-corrected chi connectivity index (χ1v) is 7.12. The summed E-state index contributed by atoms with van der Waals surface area (Å²) in [6.45, 7) is 6.13. The molecule has 0 aliphatic heterocycles. The first-order chi connectivity index (χ1) is 9.26. The molecule has 1 atom stereocenters. The van der Waals surface area contributed by atoms with E-state index in [1.54, 1.807) is 6.26 Å². The number of halogens is 1. The van der Waals surface area contributed by atoms with Crippen molar-refractivity contribution in [1.82, 2.24) is 15.1 Å². The molecule has 2 heterocycles. The van der Waals surface area contributed by atoms with Gasteiger partial charge < -0.3 is 9.73 Å². The third-order valence-electron chi connectivity index (χ3n) is 2.99. The first-order valence-electron chi connectivity index (χ1n) is 6.74. The number of aryl methyl sites for hydroxylation is 1. The van der Waals surface area contributed by atoms with Crippen molar-refractivity contribution in [2.24, 2.45) is 0 Å². The van der Waals surface area contributed by atoms with E-state index in [0.717, 1.165) is 37.1 Å². The second-order valence-electron chi connectivity index (χ2n) is 4.57. The minimum atomic E-state index is 0.0387. The first kappa shape index (κ1) is 14.2. The average molecular weight is 282 g/mol. The Hall–Kier alpha value is -1.26. The van der Waals surface area contributed by atoms with E-state index < -0.39 is 0 Å².